The maximum Gasteiger partial charge on any atom is 0.243 e. The van der Waals surface area contributed by atoms with Gasteiger partial charge in [0.25, 0.3) is 0 Å². The van der Waals surface area contributed by atoms with Crippen LogP contribution in [0.5, 0.6) is 0 Å². The number of aromatic amines is 1. The minimum atomic E-state index is -0.811. The van der Waals surface area contributed by atoms with Crippen molar-refractivity contribution in [3.63, 3.8) is 0 Å². The van der Waals surface area contributed by atoms with E-state index in [0.29, 0.717) is 12.8 Å². The van der Waals surface area contributed by atoms with Crippen LogP contribution < -0.4 is 10.6 Å². The Morgan fingerprint density at radius 1 is 0.800 bits per heavy atom. The van der Waals surface area contributed by atoms with E-state index in [1.807, 2.05) is 42.5 Å². The van der Waals surface area contributed by atoms with Crippen LogP contribution in [0.25, 0.3) is 21.5 Å². The molecule has 1 aromatic heterocycles. The number of H-pyrrole nitrogens is 1. The summed E-state index contributed by atoms with van der Waals surface area (Å²) in [5.74, 6) is -0.944. The number of carbonyl (C=O) groups is 2. The van der Waals surface area contributed by atoms with Crippen LogP contribution in [-0.2, 0) is 28.9 Å². The highest BCUT2D eigenvalue weighted by Gasteiger charge is 2.27. The Bertz CT molecular complexity index is 1560. The lowest BCUT2D eigenvalue weighted by atomic mass is 9.87. The van der Waals surface area contributed by atoms with Crippen LogP contribution in [0.1, 0.15) is 23.2 Å². The maximum atomic E-state index is 14.0. The molecule has 1 heterocycles. The first-order chi connectivity index (χ1) is 19.6. The summed E-state index contributed by atoms with van der Waals surface area (Å²) in [5.41, 5.74) is 2.91. The summed E-state index contributed by atoms with van der Waals surface area (Å²) in [6.45, 7) is 0.222. The highest BCUT2D eigenvalue weighted by atomic mass is 16.2. The zero-order valence-corrected chi connectivity index (χ0v) is 22.1. The Morgan fingerprint density at radius 3 is 1.98 bits per heavy atom. The van der Waals surface area contributed by atoms with E-state index in [0.717, 1.165) is 38.4 Å². The molecule has 200 valence electrons. The molecule has 0 saturated carbocycles. The second kappa shape index (κ2) is 12.7. The normalized spacial score (nSPS) is 11.8. The fourth-order valence-electron chi connectivity index (χ4n) is 5.21. The first kappa shape index (κ1) is 26.6. The zero-order valence-electron chi connectivity index (χ0n) is 22.1. The topological polar surface area (TPSA) is 111 Å². The molecule has 2 amide bonds. The summed E-state index contributed by atoms with van der Waals surface area (Å²) in [5, 5.41) is 19.2. The molecule has 40 heavy (non-hydrogen) atoms. The fourth-order valence-corrected chi connectivity index (χ4v) is 5.21. The summed E-state index contributed by atoms with van der Waals surface area (Å²) >= 11 is 0. The quantitative estimate of drug-likeness (QED) is 0.212. The number of carbonyl (C=O) groups excluding carboxylic acids is 2. The highest BCUT2D eigenvalue weighted by molar-refractivity contribution is 5.91. The van der Waals surface area contributed by atoms with Crippen molar-refractivity contribution in [2.75, 3.05) is 6.54 Å². The molecule has 0 aliphatic carbocycles. The first-order valence-corrected chi connectivity index (χ1v) is 13.5. The molecule has 0 bridgehead atoms. The second-order valence-corrected chi connectivity index (χ2v) is 9.92. The minimum Gasteiger partial charge on any atom is -0.353 e. The molecule has 4 aromatic carbocycles. The van der Waals surface area contributed by atoms with Gasteiger partial charge < -0.3 is 15.6 Å². The van der Waals surface area contributed by atoms with Gasteiger partial charge in [0.15, 0.2) is 0 Å². The molecule has 0 saturated heterocycles. The molecule has 5 rings (SSSR count). The minimum absolute atomic E-state index is 0.194. The van der Waals surface area contributed by atoms with Crippen LogP contribution >= 0.6 is 0 Å². The number of nitrogens with one attached hydrogen (secondary N) is 3. The van der Waals surface area contributed by atoms with Gasteiger partial charge in [-0.05, 0) is 45.5 Å². The molecular formula is C33H31N5O2. The average Bonchev–Trinajstić information content (AvgIpc) is 3.50. The average molecular weight is 530 g/mol. The summed E-state index contributed by atoms with van der Waals surface area (Å²) in [6.07, 6.45) is 4.68. The monoisotopic (exact) mass is 529 g/mol. The SMILES string of the molecule is N#CCCNC(=O)[C@H](Cc1cnc[nH]1)NC(=O)C(Cc1cccc2ccccc12)Cc1cccc2ccccc12. The van der Waals surface area contributed by atoms with Crippen molar-refractivity contribution in [3.8, 4) is 6.07 Å². The van der Waals surface area contributed by atoms with Gasteiger partial charge in [-0.1, -0.05) is 84.9 Å². The molecule has 5 aromatic rings. The van der Waals surface area contributed by atoms with E-state index < -0.39 is 12.0 Å². The van der Waals surface area contributed by atoms with E-state index >= 15 is 0 Å². The Hall–Kier alpha value is -4.96. The number of imidazole rings is 1. The van der Waals surface area contributed by atoms with Gasteiger partial charge in [0.2, 0.25) is 11.8 Å². The van der Waals surface area contributed by atoms with Gasteiger partial charge in [-0.2, -0.15) is 5.26 Å². The van der Waals surface area contributed by atoms with Crippen molar-refractivity contribution >= 4 is 33.4 Å². The van der Waals surface area contributed by atoms with Crippen LogP contribution in [-0.4, -0.2) is 34.4 Å². The molecule has 1 atom stereocenters. The molecule has 7 heteroatoms. The first-order valence-electron chi connectivity index (χ1n) is 13.5. The number of rotatable bonds is 11. The number of fused-ring (bicyclic) bond motifs is 2. The molecule has 0 aliphatic rings. The van der Waals surface area contributed by atoms with Gasteiger partial charge in [0.1, 0.15) is 6.04 Å². The Morgan fingerprint density at radius 2 is 1.40 bits per heavy atom. The third-order valence-corrected chi connectivity index (χ3v) is 7.21. The summed E-state index contributed by atoms with van der Waals surface area (Å²) in [4.78, 5) is 34.2. The molecule has 3 N–H and O–H groups in total. The van der Waals surface area contributed by atoms with E-state index in [-0.39, 0.29) is 31.2 Å². The van der Waals surface area contributed by atoms with Crippen molar-refractivity contribution < 1.29 is 9.59 Å². The Balaban J connectivity index is 1.46. The van der Waals surface area contributed by atoms with Crippen LogP contribution in [0, 0.1) is 17.2 Å². The van der Waals surface area contributed by atoms with Crippen LogP contribution in [0.15, 0.2) is 97.5 Å². The van der Waals surface area contributed by atoms with E-state index in [4.69, 9.17) is 5.26 Å². The lowest BCUT2D eigenvalue weighted by Crippen LogP contribution is -2.50. The number of hydrogen-bond acceptors (Lipinski definition) is 4. The lowest BCUT2D eigenvalue weighted by molar-refractivity contribution is -0.131. The zero-order chi connectivity index (χ0) is 27.7. The van der Waals surface area contributed by atoms with Crippen molar-refractivity contribution in [1.29, 1.82) is 5.26 Å². The molecule has 7 nitrogen and oxygen atoms in total. The molecular weight excluding hydrogens is 498 g/mol. The number of aromatic nitrogens is 2. The number of benzene rings is 4. The van der Waals surface area contributed by atoms with E-state index in [1.54, 1.807) is 12.5 Å². The van der Waals surface area contributed by atoms with Gasteiger partial charge >= 0.3 is 0 Å². The standard InChI is InChI=1S/C33H31N5O2/c34-16-7-17-36-33(40)31(20-28-21-35-22-37-28)38-32(39)27(18-25-12-5-10-23-8-1-3-14-29(23)25)19-26-13-6-11-24-9-2-4-15-30(24)26/h1-6,8-15,21-22,27,31H,7,17-20H2,(H,35,37)(H,36,40)(H,38,39)/t31-/m0/s1. The number of hydrogen-bond donors (Lipinski definition) is 3. The van der Waals surface area contributed by atoms with Gasteiger partial charge in [-0.15, -0.1) is 0 Å². The van der Waals surface area contributed by atoms with Crippen molar-refractivity contribution in [3.05, 3.63) is 114 Å². The van der Waals surface area contributed by atoms with E-state index in [1.165, 1.54) is 0 Å². The largest absolute Gasteiger partial charge is 0.353 e. The van der Waals surface area contributed by atoms with E-state index in [2.05, 4.69) is 69.1 Å². The molecule has 0 spiro atoms. The summed E-state index contributed by atoms with van der Waals surface area (Å²) < 4.78 is 0. The Labute approximate surface area is 233 Å². The van der Waals surface area contributed by atoms with Crippen molar-refractivity contribution in [1.82, 2.24) is 20.6 Å². The van der Waals surface area contributed by atoms with Gasteiger partial charge in [-0.25, -0.2) is 4.98 Å². The Kier molecular flexibility index (Phi) is 8.47. The van der Waals surface area contributed by atoms with Crippen LogP contribution in [0.3, 0.4) is 0 Å². The number of nitrogens with zero attached hydrogens (tertiary/aromatic N) is 2. The predicted molar refractivity (Wildman–Crippen MR) is 156 cm³/mol. The summed E-state index contributed by atoms with van der Waals surface area (Å²) in [6, 6.07) is 29.9. The third-order valence-electron chi connectivity index (χ3n) is 7.21. The number of amides is 2. The third kappa shape index (κ3) is 6.36. The highest BCUT2D eigenvalue weighted by Crippen LogP contribution is 2.26. The van der Waals surface area contributed by atoms with Gasteiger partial charge in [-0.3, -0.25) is 9.59 Å². The smallest absolute Gasteiger partial charge is 0.243 e. The fraction of sp³-hybridized carbons (Fsp3) is 0.212. The lowest BCUT2D eigenvalue weighted by Gasteiger charge is -2.23. The second-order valence-electron chi connectivity index (χ2n) is 9.92. The van der Waals surface area contributed by atoms with E-state index in [9.17, 15) is 9.59 Å². The van der Waals surface area contributed by atoms with Gasteiger partial charge in [0, 0.05) is 30.8 Å². The van der Waals surface area contributed by atoms with Crippen molar-refractivity contribution in [2.24, 2.45) is 5.92 Å². The molecule has 0 aliphatic heterocycles. The van der Waals surface area contributed by atoms with Crippen LogP contribution in [0.4, 0.5) is 0 Å². The molecule has 0 fully saturated rings. The predicted octanol–water partition coefficient (Wildman–Crippen LogP) is 4.87. The van der Waals surface area contributed by atoms with Crippen molar-refractivity contribution in [2.45, 2.75) is 31.7 Å². The number of nitriles is 1. The molecule has 0 radical (unpaired) electrons. The maximum absolute atomic E-state index is 14.0. The van der Waals surface area contributed by atoms with Gasteiger partial charge in [0.05, 0.1) is 18.8 Å². The molecule has 0 unspecified atom stereocenters. The summed E-state index contributed by atoms with van der Waals surface area (Å²) in [7, 11) is 0. The van der Waals surface area contributed by atoms with Crippen LogP contribution in [0.2, 0.25) is 0 Å².